The molecular weight excluding hydrogens is 325 g/mol. The molecule has 1 atom stereocenters. The van der Waals surface area contributed by atoms with Gasteiger partial charge in [0.25, 0.3) is 0 Å². The number of hydrogen-bond acceptors (Lipinski definition) is 2. The highest BCUT2D eigenvalue weighted by atomic mass is 79.9. The predicted octanol–water partition coefficient (Wildman–Crippen LogP) is 3.88. The van der Waals surface area contributed by atoms with Crippen molar-refractivity contribution < 1.29 is 0 Å². The molecule has 0 amide bonds. The van der Waals surface area contributed by atoms with E-state index in [0.717, 1.165) is 13.1 Å². The molecule has 5 heteroatoms. The third-order valence-electron chi connectivity index (χ3n) is 1.25. The summed E-state index contributed by atoms with van der Waals surface area (Å²) < 4.78 is 2.12. The second-order valence-corrected chi connectivity index (χ2v) is 5.29. The molecule has 2 N–H and O–H groups in total. The van der Waals surface area contributed by atoms with Crippen LogP contribution in [-0.4, -0.2) is 0 Å². The molecular formula is C7H8Br2ClNS. The van der Waals surface area contributed by atoms with Crippen LogP contribution in [0.1, 0.15) is 10.9 Å². The fraction of sp³-hybridized carbons (Fsp3) is 0.143. The zero-order chi connectivity index (χ0) is 8.43. The fourth-order valence-electron chi connectivity index (χ4n) is 0.644. The molecule has 1 rings (SSSR count). The first-order valence-electron chi connectivity index (χ1n) is 2.98. The van der Waals surface area contributed by atoms with Crippen LogP contribution in [0.5, 0.6) is 0 Å². The fourth-order valence-corrected chi connectivity index (χ4v) is 2.73. The number of rotatable bonds is 2. The third kappa shape index (κ3) is 2.85. The van der Waals surface area contributed by atoms with Crippen LogP contribution in [0.3, 0.4) is 0 Å². The quantitative estimate of drug-likeness (QED) is 0.817. The van der Waals surface area contributed by atoms with E-state index in [1.54, 1.807) is 17.4 Å². The van der Waals surface area contributed by atoms with E-state index in [2.05, 4.69) is 38.4 Å². The number of nitrogens with two attached hydrogens (primary N) is 1. The van der Waals surface area contributed by atoms with E-state index in [1.807, 2.05) is 6.07 Å². The van der Waals surface area contributed by atoms with Crippen molar-refractivity contribution in [2.24, 2.45) is 5.73 Å². The van der Waals surface area contributed by atoms with Gasteiger partial charge < -0.3 is 5.73 Å². The molecule has 0 aliphatic rings. The molecule has 0 aromatic carbocycles. The van der Waals surface area contributed by atoms with Crippen LogP contribution in [0, 0.1) is 0 Å². The van der Waals surface area contributed by atoms with Crippen molar-refractivity contribution in [3.8, 4) is 0 Å². The summed E-state index contributed by atoms with van der Waals surface area (Å²) in [7, 11) is 0. The van der Waals surface area contributed by atoms with Gasteiger partial charge in [-0.05, 0) is 37.9 Å². The van der Waals surface area contributed by atoms with Crippen molar-refractivity contribution in [3.63, 3.8) is 0 Å². The molecule has 0 saturated carbocycles. The van der Waals surface area contributed by atoms with Crippen LogP contribution >= 0.6 is 55.6 Å². The zero-order valence-corrected chi connectivity index (χ0v) is 10.9. The zero-order valence-electron chi connectivity index (χ0n) is 6.09. The molecule has 0 fully saturated rings. The third-order valence-corrected chi connectivity index (χ3v) is 4.60. The van der Waals surface area contributed by atoms with E-state index in [4.69, 9.17) is 5.73 Å². The van der Waals surface area contributed by atoms with Gasteiger partial charge in [0.1, 0.15) is 0 Å². The standard InChI is InChI=1S/C7H7Br2NS.ClH/c1-2-5(10)6-3-4(8)7(9)11-6;/h2-3,5H,1,10H2;1H/t5-;/m0./s1. The number of halogens is 3. The highest BCUT2D eigenvalue weighted by molar-refractivity contribution is 9.13. The molecule has 1 heterocycles. The monoisotopic (exact) mass is 331 g/mol. The predicted molar refractivity (Wildman–Crippen MR) is 64.1 cm³/mol. The summed E-state index contributed by atoms with van der Waals surface area (Å²) in [6, 6.07) is 1.95. The summed E-state index contributed by atoms with van der Waals surface area (Å²) >= 11 is 8.40. The molecule has 1 aromatic heterocycles. The summed E-state index contributed by atoms with van der Waals surface area (Å²) in [6.45, 7) is 3.63. The topological polar surface area (TPSA) is 26.0 Å². The van der Waals surface area contributed by atoms with Gasteiger partial charge in [-0.15, -0.1) is 30.3 Å². The van der Waals surface area contributed by atoms with Crippen LogP contribution < -0.4 is 5.73 Å². The Hall–Kier alpha value is 0.650. The van der Waals surface area contributed by atoms with Crippen molar-refractivity contribution in [2.75, 3.05) is 0 Å². The maximum atomic E-state index is 5.73. The normalized spacial score (nSPS) is 11.9. The first-order valence-corrected chi connectivity index (χ1v) is 5.38. The molecule has 0 bridgehead atoms. The van der Waals surface area contributed by atoms with E-state index in [0.29, 0.717) is 0 Å². The first-order chi connectivity index (χ1) is 5.15. The largest absolute Gasteiger partial charge is 0.320 e. The Labute approximate surface area is 98.7 Å². The van der Waals surface area contributed by atoms with E-state index in [1.165, 1.54) is 0 Å². The maximum absolute atomic E-state index is 5.73. The van der Waals surface area contributed by atoms with Gasteiger partial charge >= 0.3 is 0 Å². The molecule has 1 aromatic rings. The minimum atomic E-state index is -0.0531. The van der Waals surface area contributed by atoms with Crippen molar-refractivity contribution in [2.45, 2.75) is 6.04 Å². The molecule has 0 unspecified atom stereocenters. The first kappa shape index (κ1) is 12.7. The van der Waals surface area contributed by atoms with Gasteiger partial charge in [-0.3, -0.25) is 0 Å². The summed E-state index contributed by atoms with van der Waals surface area (Å²) in [5.41, 5.74) is 5.73. The van der Waals surface area contributed by atoms with E-state index in [9.17, 15) is 0 Å². The van der Waals surface area contributed by atoms with E-state index < -0.39 is 0 Å². The SMILES string of the molecule is C=C[C@H](N)c1cc(Br)c(Br)s1.Cl. The van der Waals surface area contributed by atoms with Crippen molar-refractivity contribution >= 4 is 55.6 Å². The van der Waals surface area contributed by atoms with Gasteiger partial charge in [-0.1, -0.05) is 6.08 Å². The average Bonchev–Trinajstić information content (AvgIpc) is 2.31. The van der Waals surface area contributed by atoms with E-state index >= 15 is 0 Å². The Morgan fingerprint density at radius 1 is 1.58 bits per heavy atom. The lowest BCUT2D eigenvalue weighted by Gasteiger charge is -1.99. The van der Waals surface area contributed by atoms with Crippen LogP contribution in [-0.2, 0) is 0 Å². The van der Waals surface area contributed by atoms with Crippen LogP contribution in [0.25, 0.3) is 0 Å². The van der Waals surface area contributed by atoms with Crippen LogP contribution in [0.4, 0.5) is 0 Å². The second-order valence-electron chi connectivity index (χ2n) is 2.03. The second kappa shape index (κ2) is 5.40. The highest BCUT2D eigenvalue weighted by Crippen LogP contribution is 2.34. The number of hydrogen-bond donors (Lipinski definition) is 1. The lowest BCUT2D eigenvalue weighted by molar-refractivity contribution is 0.939. The smallest absolute Gasteiger partial charge is 0.0843 e. The minimum absolute atomic E-state index is 0. The Balaban J connectivity index is 0.00000121. The molecule has 12 heavy (non-hydrogen) atoms. The molecule has 0 radical (unpaired) electrons. The van der Waals surface area contributed by atoms with Gasteiger partial charge in [-0.25, -0.2) is 0 Å². The summed E-state index contributed by atoms with van der Waals surface area (Å²) in [4.78, 5) is 1.11. The van der Waals surface area contributed by atoms with Gasteiger partial charge in [0.15, 0.2) is 0 Å². The molecule has 68 valence electrons. The van der Waals surface area contributed by atoms with Gasteiger partial charge in [0.05, 0.1) is 9.83 Å². The summed E-state index contributed by atoms with van der Waals surface area (Å²) in [5, 5.41) is 0. The molecule has 0 aliphatic heterocycles. The van der Waals surface area contributed by atoms with Gasteiger partial charge in [-0.2, -0.15) is 0 Å². The van der Waals surface area contributed by atoms with E-state index in [-0.39, 0.29) is 18.4 Å². The minimum Gasteiger partial charge on any atom is -0.320 e. The van der Waals surface area contributed by atoms with Gasteiger partial charge in [0, 0.05) is 9.35 Å². The molecule has 0 spiro atoms. The molecule has 1 nitrogen and oxygen atoms in total. The Morgan fingerprint density at radius 2 is 2.17 bits per heavy atom. The van der Waals surface area contributed by atoms with Gasteiger partial charge in [0.2, 0.25) is 0 Å². The Morgan fingerprint density at radius 3 is 2.50 bits per heavy atom. The Kier molecular flexibility index (Phi) is 5.69. The van der Waals surface area contributed by atoms with Crippen LogP contribution in [0.2, 0.25) is 0 Å². The molecule has 0 aliphatic carbocycles. The van der Waals surface area contributed by atoms with Crippen molar-refractivity contribution in [1.29, 1.82) is 0 Å². The maximum Gasteiger partial charge on any atom is 0.0843 e. The summed E-state index contributed by atoms with van der Waals surface area (Å²) in [6.07, 6.45) is 1.73. The average molecular weight is 333 g/mol. The van der Waals surface area contributed by atoms with Crippen molar-refractivity contribution in [3.05, 3.63) is 31.9 Å². The summed E-state index contributed by atoms with van der Waals surface area (Å²) in [5.74, 6) is 0. The molecule has 0 saturated heterocycles. The lowest BCUT2D eigenvalue weighted by Crippen LogP contribution is -2.03. The van der Waals surface area contributed by atoms with Crippen molar-refractivity contribution in [1.82, 2.24) is 0 Å². The van der Waals surface area contributed by atoms with Crippen LogP contribution in [0.15, 0.2) is 27.0 Å². The number of thiophene rings is 1. The highest BCUT2D eigenvalue weighted by Gasteiger charge is 2.07. The lowest BCUT2D eigenvalue weighted by atomic mass is 10.2. The Bertz CT molecular complexity index is 255.